The van der Waals surface area contributed by atoms with Crippen molar-refractivity contribution in [3.8, 4) is 0 Å². The van der Waals surface area contributed by atoms with Crippen molar-refractivity contribution >= 4 is 12.4 Å². The molecule has 0 aromatic heterocycles. The average Bonchev–Trinajstić information content (AvgIpc) is 2.74. The van der Waals surface area contributed by atoms with E-state index in [0.29, 0.717) is 13.2 Å². The maximum atomic E-state index is 11.8. The molecule has 1 aliphatic heterocycles. The first-order chi connectivity index (χ1) is 10.00. The van der Waals surface area contributed by atoms with Crippen molar-refractivity contribution in [2.24, 2.45) is 0 Å². The molecular weight excluding hydrogens is 284 g/mol. The molecule has 2 atom stereocenters. The number of aldehydes is 1. The minimum Gasteiger partial charge on any atom is -0.444 e. The molecule has 1 N–H and O–H groups in total. The fourth-order valence-electron chi connectivity index (χ4n) is 2.25. The number of amides is 1. The standard InChI is InChI=1S/C16H30N2O4/c1-15(2,3)21-11-13(10-19)18-8-7-12(9-18)17-14(20)22-16(4,5)6/h10,12-13H,7-9,11H2,1-6H3,(H,17,20)/t12-,13?/m0/s1. The highest BCUT2D eigenvalue weighted by atomic mass is 16.6. The Morgan fingerprint density at radius 1 is 1.27 bits per heavy atom. The topological polar surface area (TPSA) is 67.9 Å². The van der Waals surface area contributed by atoms with Crippen molar-refractivity contribution in [2.75, 3.05) is 19.7 Å². The van der Waals surface area contributed by atoms with E-state index in [9.17, 15) is 9.59 Å². The lowest BCUT2D eigenvalue weighted by Crippen LogP contribution is -2.44. The van der Waals surface area contributed by atoms with Gasteiger partial charge < -0.3 is 19.6 Å². The van der Waals surface area contributed by atoms with Crippen LogP contribution >= 0.6 is 0 Å². The molecule has 22 heavy (non-hydrogen) atoms. The summed E-state index contributed by atoms with van der Waals surface area (Å²) in [5.74, 6) is 0. The first kappa shape index (κ1) is 18.9. The second kappa shape index (κ2) is 7.42. The van der Waals surface area contributed by atoms with Crippen molar-refractivity contribution in [3.63, 3.8) is 0 Å². The van der Waals surface area contributed by atoms with Crippen LogP contribution in [0.3, 0.4) is 0 Å². The van der Waals surface area contributed by atoms with Gasteiger partial charge in [0.2, 0.25) is 0 Å². The van der Waals surface area contributed by atoms with Crippen LogP contribution in [0.15, 0.2) is 0 Å². The predicted octanol–water partition coefficient (Wildman–Crippen LogP) is 1.97. The van der Waals surface area contributed by atoms with Crippen LogP contribution in [0.4, 0.5) is 4.79 Å². The molecule has 1 unspecified atom stereocenters. The second-order valence-electron chi connectivity index (χ2n) is 7.75. The van der Waals surface area contributed by atoms with E-state index in [1.54, 1.807) is 0 Å². The van der Waals surface area contributed by atoms with E-state index in [1.807, 2.05) is 46.4 Å². The van der Waals surface area contributed by atoms with Crippen LogP contribution < -0.4 is 5.32 Å². The summed E-state index contributed by atoms with van der Waals surface area (Å²) in [5, 5.41) is 2.86. The summed E-state index contributed by atoms with van der Waals surface area (Å²) in [6.45, 7) is 13.2. The van der Waals surface area contributed by atoms with Gasteiger partial charge in [0.25, 0.3) is 0 Å². The van der Waals surface area contributed by atoms with Gasteiger partial charge in [-0.15, -0.1) is 0 Å². The first-order valence-electron chi connectivity index (χ1n) is 7.83. The van der Waals surface area contributed by atoms with Gasteiger partial charge >= 0.3 is 6.09 Å². The van der Waals surface area contributed by atoms with Crippen LogP contribution in [0, 0.1) is 0 Å². The molecule has 0 spiro atoms. The molecule has 1 fully saturated rings. The highest BCUT2D eigenvalue weighted by Gasteiger charge is 2.31. The van der Waals surface area contributed by atoms with Crippen molar-refractivity contribution in [2.45, 2.75) is 71.2 Å². The van der Waals surface area contributed by atoms with E-state index >= 15 is 0 Å². The molecule has 128 valence electrons. The number of alkyl carbamates (subject to hydrolysis) is 1. The summed E-state index contributed by atoms with van der Waals surface area (Å²) < 4.78 is 10.9. The monoisotopic (exact) mass is 314 g/mol. The Bertz CT molecular complexity index is 385. The maximum Gasteiger partial charge on any atom is 0.407 e. The Morgan fingerprint density at radius 3 is 2.41 bits per heavy atom. The Balaban J connectivity index is 2.43. The number of hydrogen-bond donors (Lipinski definition) is 1. The van der Waals surface area contributed by atoms with Gasteiger partial charge in [-0.1, -0.05) is 0 Å². The van der Waals surface area contributed by atoms with E-state index in [1.165, 1.54) is 0 Å². The first-order valence-corrected chi connectivity index (χ1v) is 7.83. The Morgan fingerprint density at radius 2 is 1.91 bits per heavy atom. The highest BCUT2D eigenvalue weighted by molar-refractivity contribution is 5.68. The molecular formula is C16H30N2O4. The van der Waals surface area contributed by atoms with Crippen LogP contribution in [0.5, 0.6) is 0 Å². The number of hydrogen-bond acceptors (Lipinski definition) is 5. The van der Waals surface area contributed by atoms with Crippen molar-refractivity contribution in [1.29, 1.82) is 0 Å². The minimum absolute atomic E-state index is 0.00642. The number of nitrogens with zero attached hydrogens (tertiary/aromatic N) is 1. The van der Waals surface area contributed by atoms with Gasteiger partial charge in [0, 0.05) is 19.1 Å². The predicted molar refractivity (Wildman–Crippen MR) is 84.9 cm³/mol. The molecule has 1 saturated heterocycles. The normalized spacial score (nSPS) is 21.5. The van der Waals surface area contributed by atoms with Gasteiger partial charge in [-0.3, -0.25) is 4.90 Å². The van der Waals surface area contributed by atoms with Crippen LogP contribution in [0.2, 0.25) is 0 Å². The smallest absolute Gasteiger partial charge is 0.407 e. The SMILES string of the molecule is CC(C)(C)OCC(C=O)N1CC[C@H](NC(=O)OC(C)(C)C)C1. The van der Waals surface area contributed by atoms with Gasteiger partial charge in [-0.25, -0.2) is 4.79 Å². The number of likely N-dealkylation sites (tertiary alicyclic amines) is 1. The molecule has 1 amide bonds. The van der Waals surface area contributed by atoms with Crippen LogP contribution in [0.25, 0.3) is 0 Å². The van der Waals surface area contributed by atoms with Crippen molar-refractivity contribution < 1.29 is 19.1 Å². The van der Waals surface area contributed by atoms with Gasteiger partial charge in [0.1, 0.15) is 11.9 Å². The molecule has 0 saturated carbocycles. The zero-order chi connectivity index (χ0) is 17.0. The lowest BCUT2D eigenvalue weighted by atomic mass is 10.2. The maximum absolute atomic E-state index is 11.8. The van der Waals surface area contributed by atoms with Crippen LogP contribution in [-0.4, -0.2) is 60.3 Å². The van der Waals surface area contributed by atoms with Gasteiger partial charge in [-0.2, -0.15) is 0 Å². The molecule has 6 heteroatoms. The minimum atomic E-state index is -0.506. The number of rotatable bonds is 5. The lowest BCUT2D eigenvalue weighted by molar-refractivity contribution is -0.116. The van der Waals surface area contributed by atoms with Gasteiger partial charge in [0.05, 0.1) is 18.2 Å². The van der Waals surface area contributed by atoms with E-state index in [-0.39, 0.29) is 17.7 Å². The molecule has 0 aromatic rings. The molecule has 0 bridgehead atoms. The van der Waals surface area contributed by atoms with Gasteiger partial charge in [-0.05, 0) is 48.0 Å². The number of carbonyl (C=O) groups excluding carboxylic acids is 2. The van der Waals surface area contributed by atoms with Crippen LogP contribution in [0.1, 0.15) is 48.0 Å². The fourth-order valence-corrected chi connectivity index (χ4v) is 2.25. The largest absolute Gasteiger partial charge is 0.444 e. The Labute approximate surface area is 133 Å². The number of ether oxygens (including phenoxy) is 2. The average molecular weight is 314 g/mol. The molecule has 0 aromatic carbocycles. The molecule has 0 radical (unpaired) electrons. The summed E-state index contributed by atoms with van der Waals surface area (Å²) in [5.41, 5.74) is -0.774. The van der Waals surface area contributed by atoms with Gasteiger partial charge in [0.15, 0.2) is 0 Å². The Kier molecular flexibility index (Phi) is 6.38. The molecule has 1 heterocycles. The molecule has 6 nitrogen and oxygen atoms in total. The van der Waals surface area contributed by atoms with Crippen molar-refractivity contribution in [1.82, 2.24) is 10.2 Å². The Hall–Kier alpha value is -1.14. The summed E-state index contributed by atoms with van der Waals surface area (Å²) in [6.07, 6.45) is 1.31. The third-order valence-corrected chi connectivity index (χ3v) is 3.25. The summed E-state index contributed by atoms with van der Waals surface area (Å²) in [4.78, 5) is 25.1. The molecule has 0 aliphatic carbocycles. The molecule has 1 rings (SSSR count). The fraction of sp³-hybridized carbons (Fsp3) is 0.875. The number of nitrogens with one attached hydrogen (secondary N) is 1. The third kappa shape index (κ3) is 7.22. The number of carbonyl (C=O) groups is 2. The summed E-state index contributed by atoms with van der Waals surface area (Å²) >= 11 is 0. The van der Waals surface area contributed by atoms with Crippen LogP contribution in [-0.2, 0) is 14.3 Å². The quantitative estimate of drug-likeness (QED) is 0.786. The second-order valence-corrected chi connectivity index (χ2v) is 7.75. The summed E-state index contributed by atoms with van der Waals surface area (Å²) in [7, 11) is 0. The third-order valence-electron chi connectivity index (χ3n) is 3.25. The zero-order valence-electron chi connectivity index (χ0n) is 14.6. The highest BCUT2D eigenvalue weighted by Crippen LogP contribution is 2.16. The zero-order valence-corrected chi connectivity index (χ0v) is 14.6. The molecule has 1 aliphatic rings. The van der Waals surface area contributed by atoms with E-state index in [2.05, 4.69) is 5.32 Å². The van der Waals surface area contributed by atoms with E-state index in [4.69, 9.17) is 9.47 Å². The van der Waals surface area contributed by atoms with E-state index < -0.39 is 11.7 Å². The summed E-state index contributed by atoms with van der Waals surface area (Å²) in [6, 6.07) is -0.267. The van der Waals surface area contributed by atoms with E-state index in [0.717, 1.165) is 19.3 Å². The van der Waals surface area contributed by atoms with Crippen molar-refractivity contribution in [3.05, 3.63) is 0 Å². The lowest BCUT2D eigenvalue weighted by Gasteiger charge is -2.27.